The first-order valence-electron chi connectivity index (χ1n) is 9.59. The lowest BCUT2D eigenvalue weighted by molar-refractivity contribution is 0.0422. The quantitative estimate of drug-likeness (QED) is 0.575. The number of hydrogen-bond donors (Lipinski definition) is 3. The third kappa shape index (κ3) is 8.65. The summed E-state index contributed by atoms with van der Waals surface area (Å²) in [5, 5.41) is 16.9. The Morgan fingerprint density at radius 2 is 1.80 bits per heavy atom. The molecule has 0 heterocycles. The highest BCUT2D eigenvalue weighted by atomic mass is 35.5. The molecule has 0 saturated heterocycles. The van der Waals surface area contributed by atoms with Crippen LogP contribution >= 0.6 is 11.6 Å². The van der Waals surface area contributed by atoms with Gasteiger partial charge in [-0.15, -0.1) is 0 Å². The molecule has 0 aliphatic rings. The van der Waals surface area contributed by atoms with E-state index in [1.807, 2.05) is 12.1 Å². The summed E-state index contributed by atoms with van der Waals surface area (Å²) in [5.41, 5.74) is 0.510. The fourth-order valence-corrected chi connectivity index (χ4v) is 3.09. The van der Waals surface area contributed by atoms with Crippen molar-refractivity contribution in [3.8, 4) is 0 Å². The van der Waals surface area contributed by atoms with E-state index in [1.165, 1.54) is 12.1 Å². The number of nitrogens with one attached hydrogen (secondary N) is 2. The Hall–Kier alpha value is -2.22. The topological polar surface area (TPSA) is 70.6 Å². The largest absolute Gasteiger partial charge is 0.444 e. The van der Waals surface area contributed by atoms with Crippen molar-refractivity contribution < 1.29 is 23.4 Å². The van der Waals surface area contributed by atoms with Crippen LogP contribution in [-0.4, -0.2) is 35.5 Å². The lowest BCUT2D eigenvalue weighted by atomic mass is 10.0. The first-order chi connectivity index (χ1) is 14.0. The predicted octanol–water partition coefficient (Wildman–Crippen LogP) is 4.20. The first kappa shape index (κ1) is 24.1. The van der Waals surface area contributed by atoms with Gasteiger partial charge in [0.05, 0.1) is 12.1 Å². The normalized spacial score (nSPS) is 13.6. The van der Waals surface area contributed by atoms with E-state index in [2.05, 4.69) is 10.6 Å². The number of hydrogen-bond acceptors (Lipinski definition) is 4. The average molecular weight is 441 g/mol. The van der Waals surface area contributed by atoms with E-state index in [4.69, 9.17) is 16.3 Å². The summed E-state index contributed by atoms with van der Waals surface area (Å²) in [6.45, 7) is 5.72. The summed E-state index contributed by atoms with van der Waals surface area (Å²) in [6, 6.07) is 9.54. The maximum absolute atomic E-state index is 13.5. The first-order valence-corrected chi connectivity index (χ1v) is 9.97. The highest BCUT2D eigenvalue weighted by Crippen LogP contribution is 2.14. The van der Waals surface area contributed by atoms with E-state index in [1.54, 1.807) is 32.9 Å². The lowest BCUT2D eigenvalue weighted by Crippen LogP contribution is -2.49. The number of aliphatic hydroxyl groups excluding tert-OH is 1. The minimum Gasteiger partial charge on any atom is -0.444 e. The van der Waals surface area contributed by atoms with Crippen molar-refractivity contribution >= 4 is 17.7 Å². The Morgan fingerprint density at radius 1 is 1.13 bits per heavy atom. The summed E-state index contributed by atoms with van der Waals surface area (Å²) in [7, 11) is 0. The van der Waals surface area contributed by atoms with Crippen LogP contribution in [0.3, 0.4) is 0 Å². The molecule has 0 aliphatic carbocycles. The van der Waals surface area contributed by atoms with Crippen LogP contribution in [0, 0.1) is 11.6 Å². The molecule has 2 aromatic rings. The van der Waals surface area contributed by atoms with Crippen molar-refractivity contribution in [3.63, 3.8) is 0 Å². The maximum Gasteiger partial charge on any atom is 0.407 e. The van der Waals surface area contributed by atoms with Crippen LogP contribution in [0.15, 0.2) is 42.5 Å². The van der Waals surface area contributed by atoms with Crippen molar-refractivity contribution in [2.45, 2.75) is 51.5 Å². The monoisotopic (exact) mass is 440 g/mol. The van der Waals surface area contributed by atoms with Gasteiger partial charge in [0.2, 0.25) is 0 Å². The van der Waals surface area contributed by atoms with Gasteiger partial charge in [0.1, 0.15) is 17.2 Å². The molecule has 164 valence electrons. The zero-order valence-electron chi connectivity index (χ0n) is 17.2. The molecule has 0 bridgehead atoms. The number of amides is 1. The van der Waals surface area contributed by atoms with Gasteiger partial charge in [-0.3, -0.25) is 0 Å². The number of halogens is 3. The molecule has 0 unspecified atom stereocenters. The molecular formula is C22H27ClF2N2O3. The molecule has 0 saturated carbocycles. The van der Waals surface area contributed by atoms with Crippen molar-refractivity contribution in [3.05, 3.63) is 70.2 Å². The number of ether oxygens (including phenoxy) is 1. The van der Waals surface area contributed by atoms with E-state index in [0.717, 1.165) is 11.6 Å². The molecule has 2 aromatic carbocycles. The summed E-state index contributed by atoms with van der Waals surface area (Å²) >= 11 is 5.96. The van der Waals surface area contributed by atoms with Gasteiger partial charge >= 0.3 is 6.09 Å². The molecular weight excluding hydrogens is 414 g/mol. The van der Waals surface area contributed by atoms with Gasteiger partial charge in [-0.2, -0.15) is 0 Å². The summed E-state index contributed by atoms with van der Waals surface area (Å²) in [4.78, 5) is 12.2. The molecule has 0 aliphatic heterocycles. The van der Waals surface area contributed by atoms with Crippen LogP contribution in [0.5, 0.6) is 0 Å². The minimum absolute atomic E-state index is 0.0218. The number of carbonyl (C=O) groups is 1. The van der Waals surface area contributed by atoms with Crippen LogP contribution in [0.1, 0.15) is 31.9 Å². The van der Waals surface area contributed by atoms with E-state index >= 15 is 0 Å². The lowest BCUT2D eigenvalue weighted by Gasteiger charge is -2.27. The van der Waals surface area contributed by atoms with Gasteiger partial charge in [-0.05, 0) is 62.6 Å². The van der Waals surface area contributed by atoms with Crippen LogP contribution in [-0.2, 0) is 17.7 Å². The Morgan fingerprint density at radius 3 is 2.40 bits per heavy atom. The minimum atomic E-state index is -1.04. The average Bonchev–Trinajstić information content (AvgIpc) is 2.58. The van der Waals surface area contributed by atoms with Crippen molar-refractivity contribution in [1.82, 2.24) is 10.6 Å². The third-order valence-electron chi connectivity index (χ3n) is 4.12. The number of alkyl carbamates (subject to hydrolysis) is 1. The number of benzene rings is 2. The highest BCUT2D eigenvalue weighted by molar-refractivity contribution is 6.30. The molecule has 0 spiro atoms. The molecule has 0 aromatic heterocycles. The molecule has 0 radical (unpaired) electrons. The van der Waals surface area contributed by atoms with Gasteiger partial charge in [0.15, 0.2) is 0 Å². The zero-order chi connectivity index (χ0) is 22.3. The molecule has 2 rings (SSSR count). The standard InChI is InChI=1S/C22H27ClF2N2O3/c1-22(2,3)30-21(29)27-19(10-15-8-17(24)11-18(25)9-15)20(28)13-26-12-14-5-4-6-16(23)7-14/h4-9,11,19-20,26,28H,10,12-13H2,1-3H3,(H,27,29)/t19-,20+/m0/s1. The fraction of sp³-hybridized carbons (Fsp3) is 0.409. The number of carbonyl (C=O) groups excluding carboxylic acids is 1. The molecule has 3 N–H and O–H groups in total. The third-order valence-corrected chi connectivity index (χ3v) is 4.35. The van der Waals surface area contributed by atoms with E-state index in [9.17, 15) is 18.7 Å². The Balaban J connectivity index is 2.05. The van der Waals surface area contributed by atoms with Crippen molar-refractivity contribution in [2.24, 2.45) is 0 Å². The molecule has 1 amide bonds. The van der Waals surface area contributed by atoms with Gasteiger partial charge < -0.3 is 20.5 Å². The summed E-state index contributed by atoms with van der Waals surface area (Å²) < 4.78 is 32.3. The van der Waals surface area contributed by atoms with Crippen LogP contribution in [0.4, 0.5) is 13.6 Å². The second-order valence-corrected chi connectivity index (χ2v) is 8.50. The second kappa shape index (κ2) is 10.7. The Kier molecular flexibility index (Phi) is 8.58. The van der Waals surface area contributed by atoms with Crippen molar-refractivity contribution in [1.29, 1.82) is 0 Å². The molecule has 5 nitrogen and oxygen atoms in total. The second-order valence-electron chi connectivity index (χ2n) is 8.06. The van der Waals surface area contributed by atoms with Crippen LogP contribution in [0.25, 0.3) is 0 Å². The van der Waals surface area contributed by atoms with Gasteiger partial charge in [0, 0.05) is 24.2 Å². The molecule has 2 atom stereocenters. The fourth-order valence-electron chi connectivity index (χ4n) is 2.88. The summed E-state index contributed by atoms with van der Waals surface area (Å²) in [5.74, 6) is -1.45. The van der Waals surface area contributed by atoms with Crippen LogP contribution in [0.2, 0.25) is 5.02 Å². The van der Waals surface area contributed by atoms with Crippen LogP contribution < -0.4 is 10.6 Å². The van der Waals surface area contributed by atoms with Gasteiger partial charge in [-0.25, -0.2) is 13.6 Å². The molecule has 30 heavy (non-hydrogen) atoms. The van der Waals surface area contributed by atoms with E-state index in [-0.39, 0.29) is 13.0 Å². The Labute approximate surface area is 180 Å². The summed E-state index contributed by atoms with van der Waals surface area (Å²) in [6.07, 6.45) is -1.74. The number of rotatable bonds is 8. The zero-order valence-corrected chi connectivity index (χ0v) is 18.0. The molecule has 8 heteroatoms. The smallest absolute Gasteiger partial charge is 0.407 e. The maximum atomic E-state index is 13.5. The van der Waals surface area contributed by atoms with E-state index in [0.29, 0.717) is 17.1 Å². The highest BCUT2D eigenvalue weighted by Gasteiger charge is 2.25. The SMILES string of the molecule is CC(C)(C)OC(=O)N[C@@H](Cc1cc(F)cc(F)c1)[C@H](O)CNCc1cccc(Cl)c1. The van der Waals surface area contributed by atoms with Gasteiger partial charge in [0.25, 0.3) is 0 Å². The van der Waals surface area contributed by atoms with Gasteiger partial charge in [-0.1, -0.05) is 23.7 Å². The van der Waals surface area contributed by atoms with Crippen molar-refractivity contribution in [2.75, 3.05) is 6.54 Å². The Bertz CT molecular complexity index is 838. The predicted molar refractivity (Wildman–Crippen MR) is 112 cm³/mol. The van der Waals surface area contributed by atoms with E-state index < -0.39 is 35.5 Å². The molecule has 0 fully saturated rings. The number of aliphatic hydroxyl groups is 1.